The van der Waals surface area contributed by atoms with Crippen LogP contribution in [0.3, 0.4) is 0 Å². The SMILES string of the molecule is CC(C)OCCN(C)C1(CN)CCN2CCCC21. The maximum atomic E-state index is 6.15. The molecule has 2 saturated heterocycles. The van der Waals surface area contributed by atoms with Gasteiger partial charge in [-0.25, -0.2) is 0 Å². The molecule has 2 fully saturated rings. The number of nitrogens with two attached hydrogens (primary N) is 1. The zero-order valence-corrected chi connectivity index (χ0v) is 12.2. The van der Waals surface area contributed by atoms with Gasteiger partial charge in [-0.15, -0.1) is 0 Å². The molecule has 4 nitrogen and oxygen atoms in total. The minimum absolute atomic E-state index is 0.191. The van der Waals surface area contributed by atoms with Crippen molar-refractivity contribution in [2.45, 2.75) is 50.8 Å². The summed E-state index contributed by atoms with van der Waals surface area (Å²) < 4.78 is 5.68. The average Bonchev–Trinajstić information content (AvgIpc) is 2.89. The molecule has 0 spiro atoms. The van der Waals surface area contributed by atoms with Crippen LogP contribution in [0.25, 0.3) is 0 Å². The lowest BCUT2D eigenvalue weighted by Gasteiger charge is -2.42. The number of likely N-dealkylation sites (N-methyl/N-ethyl adjacent to an activating group) is 1. The molecule has 2 unspecified atom stereocenters. The van der Waals surface area contributed by atoms with Gasteiger partial charge in [0.2, 0.25) is 0 Å². The van der Waals surface area contributed by atoms with Crippen molar-refractivity contribution in [2.24, 2.45) is 5.73 Å². The molecule has 2 heterocycles. The van der Waals surface area contributed by atoms with Crippen LogP contribution in [-0.4, -0.2) is 67.3 Å². The van der Waals surface area contributed by atoms with E-state index in [1.165, 1.54) is 32.4 Å². The van der Waals surface area contributed by atoms with Crippen molar-refractivity contribution in [1.29, 1.82) is 0 Å². The van der Waals surface area contributed by atoms with Crippen molar-refractivity contribution >= 4 is 0 Å². The highest BCUT2D eigenvalue weighted by Gasteiger charge is 2.50. The van der Waals surface area contributed by atoms with Gasteiger partial charge in [0.15, 0.2) is 0 Å². The van der Waals surface area contributed by atoms with Gasteiger partial charge in [0.05, 0.1) is 12.7 Å². The molecular weight excluding hydrogens is 226 g/mol. The molecule has 0 amide bonds. The van der Waals surface area contributed by atoms with Crippen molar-refractivity contribution in [3.8, 4) is 0 Å². The highest BCUT2D eigenvalue weighted by Crippen LogP contribution is 2.38. The molecule has 2 atom stereocenters. The van der Waals surface area contributed by atoms with Gasteiger partial charge in [-0.3, -0.25) is 9.80 Å². The third-order valence-electron chi connectivity index (χ3n) is 4.81. The third-order valence-corrected chi connectivity index (χ3v) is 4.81. The van der Waals surface area contributed by atoms with Crippen LogP contribution in [0.15, 0.2) is 0 Å². The standard InChI is InChI=1S/C14H29N3O/c1-12(2)18-10-9-16(3)14(11-15)6-8-17-7-4-5-13(14)17/h12-13H,4-11,15H2,1-3H3. The van der Waals surface area contributed by atoms with Crippen LogP contribution in [0.1, 0.15) is 33.1 Å². The van der Waals surface area contributed by atoms with Crippen LogP contribution in [0.2, 0.25) is 0 Å². The maximum Gasteiger partial charge on any atom is 0.0597 e. The molecule has 0 bridgehead atoms. The van der Waals surface area contributed by atoms with E-state index in [-0.39, 0.29) is 5.54 Å². The second-order valence-corrected chi connectivity index (χ2v) is 6.09. The summed E-state index contributed by atoms with van der Waals surface area (Å²) in [6.07, 6.45) is 4.18. The first kappa shape index (κ1) is 14.3. The Morgan fingerprint density at radius 3 is 2.89 bits per heavy atom. The molecule has 2 N–H and O–H groups in total. The molecular formula is C14H29N3O. The van der Waals surface area contributed by atoms with Gasteiger partial charge >= 0.3 is 0 Å². The Labute approximate surface area is 111 Å². The monoisotopic (exact) mass is 255 g/mol. The lowest BCUT2D eigenvalue weighted by Crippen LogP contribution is -2.59. The Balaban J connectivity index is 1.94. The first-order valence-electron chi connectivity index (χ1n) is 7.37. The summed E-state index contributed by atoms with van der Waals surface area (Å²) in [6.45, 7) is 9.23. The fraction of sp³-hybridized carbons (Fsp3) is 1.00. The van der Waals surface area contributed by atoms with Crippen molar-refractivity contribution in [1.82, 2.24) is 9.80 Å². The molecule has 2 aliphatic rings. The van der Waals surface area contributed by atoms with E-state index in [0.717, 1.165) is 19.7 Å². The zero-order chi connectivity index (χ0) is 13.2. The van der Waals surface area contributed by atoms with Crippen LogP contribution < -0.4 is 5.73 Å². The van der Waals surface area contributed by atoms with E-state index in [1.54, 1.807) is 0 Å². The fourth-order valence-corrected chi connectivity index (χ4v) is 3.69. The van der Waals surface area contributed by atoms with Gasteiger partial charge in [-0.2, -0.15) is 0 Å². The Bertz CT molecular complexity index is 272. The molecule has 0 saturated carbocycles. The van der Waals surface area contributed by atoms with Crippen molar-refractivity contribution in [2.75, 3.05) is 39.8 Å². The summed E-state index contributed by atoms with van der Waals surface area (Å²) in [5, 5.41) is 0. The number of hydrogen-bond acceptors (Lipinski definition) is 4. The number of rotatable bonds is 6. The second kappa shape index (κ2) is 5.87. The van der Waals surface area contributed by atoms with E-state index in [0.29, 0.717) is 12.1 Å². The van der Waals surface area contributed by atoms with Gasteiger partial charge < -0.3 is 10.5 Å². The Morgan fingerprint density at radius 1 is 1.44 bits per heavy atom. The minimum Gasteiger partial charge on any atom is -0.377 e. The Morgan fingerprint density at radius 2 is 2.22 bits per heavy atom. The summed E-state index contributed by atoms with van der Waals surface area (Å²) in [5.41, 5.74) is 6.34. The second-order valence-electron chi connectivity index (χ2n) is 6.09. The molecule has 0 radical (unpaired) electrons. The summed E-state index contributed by atoms with van der Waals surface area (Å²) in [4.78, 5) is 5.10. The van der Waals surface area contributed by atoms with E-state index in [1.807, 2.05) is 0 Å². The van der Waals surface area contributed by atoms with E-state index < -0.39 is 0 Å². The predicted molar refractivity (Wildman–Crippen MR) is 74.7 cm³/mol. The topological polar surface area (TPSA) is 41.7 Å². The highest BCUT2D eigenvalue weighted by atomic mass is 16.5. The maximum absolute atomic E-state index is 6.15. The number of fused-ring (bicyclic) bond motifs is 1. The van der Waals surface area contributed by atoms with Crippen LogP contribution in [-0.2, 0) is 4.74 Å². The number of ether oxygens (including phenoxy) is 1. The fourth-order valence-electron chi connectivity index (χ4n) is 3.69. The van der Waals surface area contributed by atoms with Crippen molar-refractivity contribution in [3.05, 3.63) is 0 Å². The summed E-state index contributed by atoms with van der Waals surface area (Å²) in [7, 11) is 2.22. The molecule has 0 aliphatic carbocycles. The van der Waals surface area contributed by atoms with Crippen molar-refractivity contribution in [3.63, 3.8) is 0 Å². The number of hydrogen-bond donors (Lipinski definition) is 1. The first-order valence-corrected chi connectivity index (χ1v) is 7.37. The minimum atomic E-state index is 0.191. The van der Waals surface area contributed by atoms with E-state index in [2.05, 4.69) is 30.7 Å². The smallest absolute Gasteiger partial charge is 0.0597 e. The van der Waals surface area contributed by atoms with E-state index in [9.17, 15) is 0 Å². The molecule has 18 heavy (non-hydrogen) atoms. The molecule has 0 aromatic heterocycles. The number of nitrogens with zero attached hydrogens (tertiary/aromatic N) is 2. The van der Waals surface area contributed by atoms with Crippen molar-refractivity contribution < 1.29 is 4.74 Å². The first-order chi connectivity index (χ1) is 8.60. The van der Waals surface area contributed by atoms with Gasteiger partial charge in [0, 0.05) is 31.2 Å². The van der Waals surface area contributed by atoms with E-state index >= 15 is 0 Å². The van der Waals surface area contributed by atoms with Crippen LogP contribution in [0.5, 0.6) is 0 Å². The van der Waals surface area contributed by atoms with Crippen LogP contribution in [0.4, 0.5) is 0 Å². The summed E-state index contributed by atoms with van der Waals surface area (Å²) in [5.74, 6) is 0. The largest absolute Gasteiger partial charge is 0.377 e. The molecule has 0 aromatic rings. The molecule has 4 heteroatoms. The quantitative estimate of drug-likeness (QED) is 0.766. The molecule has 2 aliphatic heterocycles. The molecule has 2 rings (SSSR count). The normalized spacial score (nSPS) is 32.7. The van der Waals surface area contributed by atoms with Gasteiger partial charge in [0.25, 0.3) is 0 Å². The average molecular weight is 255 g/mol. The lowest BCUT2D eigenvalue weighted by molar-refractivity contribution is 0.0256. The third kappa shape index (κ3) is 2.57. The zero-order valence-electron chi connectivity index (χ0n) is 12.2. The Hall–Kier alpha value is -0.160. The summed E-state index contributed by atoms with van der Waals surface area (Å²) in [6, 6.07) is 0.673. The highest BCUT2D eigenvalue weighted by molar-refractivity contribution is 5.09. The summed E-state index contributed by atoms with van der Waals surface area (Å²) >= 11 is 0. The predicted octanol–water partition coefficient (Wildman–Crippen LogP) is 0.909. The van der Waals surface area contributed by atoms with Gasteiger partial charge in [0.1, 0.15) is 0 Å². The lowest BCUT2D eigenvalue weighted by atomic mass is 9.87. The van der Waals surface area contributed by atoms with Crippen LogP contribution >= 0.6 is 0 Å². The van der Waals surface area contributed by atoms with Gasteiger partial charge in [-0.05, 0) is 46.7 Å². The molecule has 0 aromatic carbocycles. The Kier molecular flexibility index (Phi) is 4.64. The molecule has 106 valence electrons. The van der Waals surface area contributed by atoms with Gasteiger partial charge in [-0.1, -0.05) is 0 Å². The van der Waals surface area contributed by atoms with E-state index in [4.69, 9.17) is 10.5 Å². The van der Waals surface area contributed by atoms with Crippen LogP contribution in [0, 0.1) is 0 Å².